The third-order valence-electron chi connectivity index (χ3n) is 5.57. The molecule has 1 aliphatic heterocycles. The van der Waals surface area contributed by atoms with Gasteiger partial charge in [0.25, 0.3) is 0 Å². The van der Waals surface area contributed by atoms with Crippen LogP contribution in [-0.2, 0) is 10.5 Å². The molecule has 0 bridgehead atoms. The molecule has 0 unspecified atom stereocenters. The van der Waals surface area contributed by atoms with E-state index in [0.29, 0.717) is 17.5 Å². The largest absolute Gasteiger partial charge is 0.372 e. The predicted molar refractivity (Wildman–Crippen MR) is 113 cm³/mol. The van der Waals surface area contributed by atoms with Crippen molar-refractivity contribution in [2.75, 3.05) is 29.1 Å². The highest BCUT2D eigenvalue weighted by Gasteiger charge is 2.21. The van der Waals surface area contributed by atoms with Crippen LogP contribution in [0.4, 0.5) is 11.4 Å². The van der Waals surface area contributed by atoms with Gasteiger partial charge in [-0.2, -0.15) is 0 Å². The summed E-state index contributed by atoms with van der Waals surface area (Å²) >= 11 is 1.55. The van der Waals surface area contributed by atoms with Gasteiger partial charge >= 0.3 is 0 Å². The Balaban J connectivity index is 1.23. The summed E-state index contributed by atoms with van der Waals surface area (Å²) in [6.45, 7) is 2.26. The summed E-state index contributed by atoms with van der Waals surface area (Å²) in [7, 11) is 0. The van der Waals surface area contributed by atoms with Crippen LogP contribution < -0.4 is 10.2 Å². The van der Waals surface area contributed by atoms with Gasteiger partial charge < -0.3 is 10.2 Å². The van der Waals surface area contributed by atoms with Crippen LogP contribution >= 0.6 is 11.8 Å². The number of carbonyl (C=O) groups excluding carboxylic acids is 1. The van der Waals surface area contributed by atoms with Gasteiger partial charge in [-0.05, 0) is 66.8 Å². The minimum atomic E-state index is 0.00983. The summed E-state index contributed by atoms with van der Waals surface area (Å²) < 4.78 is 1.96. The van der Waals surface area contributed by atoms with Crippen LogP contribution in [0.15, 0.2) is 24.3 Å². The van der Waals surface area contributed by atoms with Crippen molar-refractivity contribution < 1.29 is 4.79 Å². The fourth-order valence-corrected chi connectivity index (χ4v) is 4.81. The molecule has 2 aromatic rings. The van der Waals surface area contributed by atoms with Crippen molar-refractivity contribution in [3.8, 4) is 0 Å². The summed E-state index contributed by atoms with van der Waals surface area (Å²) in [5.41, 5.74) is 2.09. The molecular formula is C20H28N6OS. The Morgan fingerprint density at radius 2 is 1.82 bits per heavy atom. The van der Waals surface area contributed by atoms with Crippen LogP contribution in [0.3, 0.4) is 0 Å². The Bertz CT molecular complexity index is 765. The van der Waals surface area contributed by atoms with E-state index >= 15 is 0 Å². The SMILES string of the molecule is O=C(CSCc1nnnn1C1CCCC1)Nc1ccc(N2CCCCC2)cc1. The van der Waals surface area contributed by atoms with Crippen LogP contribution in [0.2, 0.25) is 0 Å². The lowest BCUT2D eigenvalue weighted by Gasteiger charge is -2.28. The van der Waals surface area contributed by atoms with Crippen molar-refractivity contribution in [1.82, 2.24) is 20.2 Å². The normalized spacial score (nSPS) is 17.8. The third kappa shape index (κ3) is 4.84. The number of hydrogen-bond donors (Lipinski definition) is 1. The predicted octanol–water partition coefficient (Wildman–Crippen LogP) is 3.65. The Labute approximate surface area is 170 Å². The second-order valence-electron chi connectivity index (χ2n) is 7.61. The van der Waals surface area contributed by atoms with Crippen molar-refractivity contribution in [1.29, 1.82) is 0 Å². The molecule has 1 aromatic heterocycles. The van der Waals surface area contributed by atoms with E-state index in [0.717, 1.165) is 37.4 Å². The fourth-order valence-electron chi connectivity index (χ4n) is 4.08. The van der Waals surface area contributed by atoms with E-state index in [4.69, 9.17) is 0 Å². The topological polar surface area (TPSA) is 75.9 Å². The van der Waals surface area contributed by atoms with E-state index in [1.54, 1.807) is 11.8 Å². The first-order chi connectivity index (χ1) is 13.8. The molecule has 1 saturated heterocycles. The monoisotopic (exact) mass is 400 g/mol. The molecule has 28 heavy (non-hydrogen) atoms. The number of hydrogen-bond acceptors (Lipinski definition) is 6. The number of nitrogens with one attached hydrogen (secondary N) is 1. The minimum Gasteiger partial charge on any atom is -0.372 e. The molecule has 0 spiro atoms. The molecule has 150 valence electrons. The fraction of sp³-hybridized carbons (Fsp3) is 0.600. The number of anilines is 2. The number of nitrogens with zero attached hydrogens (tertiary/aromatic N) is 5. The first kappa shape index (κ1) is 19.2. The Hall–Kier alpha value is -2.09. The molecule has 0 atom stereocenters. The summed E-state index contributed by atoms with van der Waals surface area (Å²) in [4.78, 5) is 14.7. The molecule has 1 saturated carbocycles. The quantitative estimate of drug-likeness (QED) is 0.765. The van der Waals surface area contributed by atoms with Gasteiger partial charge in [0.1, 0.15) is 0 Å². The molecule has 1 N–H and O–H groups in total. The minimum absolute atomic E-state index is 0.00983. The number of carbonyl (C=O) groups is 1. The number of piperidine rings is 1. The van der Waals surface area contributed by atoms with Crippen molar-refractivity contribution in [3.05, 3.63) is 30.1 Å². The maximum absolute atomic E-state index is 12.3. The average molecular weight is 401 g/mol. The van der Waals surface area contributed by atoms with Gasteiger partial charge in [0.05, 0.1) is 17.5 Å². The average Bonchev–Trinajstić information content (AvgIpc) is 3.41. The standard InChI is InChI=1S/C20H28N6OS/c27-20(15-28-14-19-22-23-24-26(19)18-6-2-3-7-18)21-16-8-10-17(11-9-16)25-12-4-1-5-13-25/h8-11,18H,1-7,12-15H2,(H,21,27). The Morgan fingerprint density at radius 1 is 1.07 bits per heavy atom. The zero-order valence-corrected chi connectivity index (χ0v) is 17.0. The lowest BCUT2D eigenvalue weighted by molar-refractivity contribution is -0.113. The van der Waals surface area contributed by atoms with Gasteiger partial charge in [0.2, 0.25) is 5.91 Å². The molecule has 1 aliphatic carbocycles. The maximum atomic E-state index is 12.3. The summed E-state index contributed by atoms with van der Waals surface area (Å²) in [5.74, 6) is 1.93. The van der Waals surface area contributed by atoms with E-state index in [1.165, 1.54) is 37.8 Å². The number of aromatic nitrogens is 4. The third-order valence-corrected chi connectivity index (χ3v) is 6.50. The Kier molecular flexibility index (Phi) is 6.46. The van der Waals surface area contributed by atoms with Gasteiger partial charge in [-0.1, -0.05) is 12.8 Å². The maximum Gasteiger partial charge on any atom is 0.234 e. The zero-order valence-electron chi connectivity index (χ0n) is 16.2. The molecule has 8 heteroatoms. The van der Waals surface area contributed by atoms with Gasteiger partial charge in [-0.3, -0.25) is 4.79 Å². The Morgan fingerprint density at radius 3 is 2.57 bits per heavy atom. The first-order valence-corrected chi connectivity index (χ1v) is 11.4. The number of tetrazole rings is 1. The second kappa shape index (κ2) is 9.41. The first-order valence-electron chi connectivity index (χ1n) is 10.3. The summed E-state index contributed by atoms with van der Waals surface area (Å²) in [5, 5.41) is 15.1. The van der Waals surface area contributed by atoms with E-state index in [2.05, 4.69) is 37.9 Å². The van der Waals surface area contributed by atoms with Crippen molar-refractivity contribution in [3.63, 3.8) is 0 Å². The second-order valence-corrected chi connectivity index (χ2v) is 8.60. The van der Waals surface area contributed by atoms with Crippen LogP contribution in [-0.4, -0.2) is 45.0 Å². The zero-order chi connectivity index (χ0) is 19.2. The van der Waals surface area contributed by atoms with E-state index < -0.39 is 0 Å². The van der Waals surface area contributed by atoms with Gasteiger partial charge in [-0.25, -0.2) is 4.68 Å². The van der Waals surface area contributed by atoms with Crippen molar-refractivity contribution in [2.45, 2.75) is 56.7 Å². The summed E-state index contributed by atoms with van der Waals surface area (Å²) in [6.07, 6.45) is 8.65. The van der Waals surface area contributed by atoms with Crippen LogP contribution in [0.1, 0.15) is 56.8 Å². The molecule has 2 fully saturated rings. The highest BCUT2D eigenvalue weighted by Crippen LogP contribution is 2.29. The van der Waals surface area contributed by atoms with Crippen molar-refractivity contribution >= 4 is 29.0 Å². The molecule has 7 nitrogen and oxygen atoms in total. The number of rotatable bonds is 7. The lowest BCUT2D eigenvalue weighted by Crippen LogP contribution is -2.29. The van der Waals surface area contributed by atoms with Crippen LogP contribution in [0, 0.1) is 0 Å². The molecular weight excluding hydrogens is 372 g/mol. The van der Waals surface area contributed by atoms with Gasteiger partial charge in [0.15, 0.2) is 5.82 Å². The summed E-state index contributed by atoms with van der Waals surface area (Å²) in [6, 6.07) is 8.62. The van der Waals surface area contributed by atoms with Crippen molar-refractivity contribution in [2.24, 2.45) is 0 Å². The van der Waals surface area contributed by atoms with Crippen LogP contribution in [0.5, 0.6) is 0 Å². The lowest BCUT2D eigenvalue weighted by atomic mass is 10.1. The smallest absolute Gasteiger partial charge is 0.234 e. The molecule has 2 heterocycles. The van der Waals surface area contributed by atoms with Gasteiger partial charge in [0, 0.05) is 24.5 Å². The number of thioether (sulfide) groups is 1. The molecule has 1 aromatic carbocycles. The van der Waals surface area contributed by atoms with E-state index in [-0.39, 0.29) is 5.91 Å². The number of amides is 1. The molecule has 0 radical (unpaired) electrons. The highest BCUT2D eigenvalue weighted by molar-refractivity contribution is 7.99. The molecule has 4 rings (SSSR count). The van der Waals surface area contributed by atoms with E-state index in [1.807, 2.05) is 16.8 Å². The van der Waals surface area contributed by atoms with Crippen LogP contribution in [0.25, 0.3) is 0 Å². The number of benzene rings is 1. The van der Waals surface area contributed by atoms with Gasteiger partial charge in [-0.15, -0.1) is 16.9 Å². The van der Waals surface area contributed by atoms with E-state index in [9.17, 15) is 4.79 Å². The molecule has 2 aliphatic rings. The highest BCUT2D eigenvalue weighted by atomic mass is 32.2. The molecule has 1 amide bonds.